The van der Waals surface area contributed by atoms with E-state index in [2.05, 4.69) is 15.5 Å². The summed E-state index contributed by atoms with van der Waals surface area (Å²) >= 11 is 0. The molecule has 3 heterocycles. The molecule has 1 aromatic rings. The van der Waals surface area contributed by atoms with Gasteiger partial charge in [-0.25, -0.2) is 4.79 Å². The molecule has 9 nitrogen and oxygen atoms in total. The third kappa shape index (κ3) is 5.29. The number of benzene rings is 1. The highest BCUT2D eigenvalue weighted by molar-refractivity contribution is 6.23. The third-order valence-corrected chi connectivity index (χ3v) is 6.49. The lowest BCUT2D eigenvalue weighted by atomic mass is 9.85. The van der Waals surface area contributed by atoms with E-state index in [1.165, 1.54) is 24.2 Å². The van der Waals surface area contributed by atoms with E-state index in [1.54, 1.807) is 32.9 Å². The standard InChI is InChI=1S/C25H34N4O5/c1-25(2,3)34-24(33)29-14-11-19-18(15-29)21(30)20(23(32)27-19)22(31)26-16-7-9-17(10-8-16)28-12-5-4-6-13-28/h7-10,18-19,30H,4-6,11-15H2,1-3H3,(H,26,31)(H,27,32)/t18-,19-/m0/s1. The van der Waals surface area contributed by atoms with Gasteiger partial charge in [-0.2, -0.15) is 0 Å². The summed E-state index contributed by atoms with van der Waals surface area (Å²) in [6, 6.07) is 7.16. The number of carbonyl (C=O) groups excluding carboxylic acids is 3. The Balaban J connectivity index is 1.46. The van der Waals surface area contributed by atoms with Gasteiger partial charge in [0.2, 0.25) is 0 Å². The number of rotatable bonds is 3. The molecule has 0 radical (unpaired) electrons. The van der Waals surface area contributed by atoms with Crippen LogP contribution >= 0.6 is 0 Å². The average molecular weight is 471 g/mol. The summed E-state index contributed by atoms with van der Waals surface area (Å²) in [5.74, 6) is -2.13. The summed E-state index contributed by atoms with van der Waals surface area (Å²) in [6.07, 6.45) is 3.59. The molecule has 2 fully saturated rings. The first-order valence-corrected chi connectivity index (χ1v) is 12.0. The van der Waals surface area contributed by atoms with Gasteiger partial charge < -0.3 is 30.3 Å². The Kier molecular flexibility index (Phi) is 6.72. The van der Waals surface area contributed by atoms with Crippen molar-refractivity contribution < 1.29 is 24.2 Å². The third-order valence-electron chi connectivity index (χ3n) is 6.49. The largest absolute Gasteiger partial charge is 0.511 e. The quantitative estimate of drug-likeness (QED) is 0.585. The fourth-order valence-corrected chi connectivity index (χ4v) is 4.76. The zero-order valence-electron chi connectivity index (χ0n) is 20.1. The van der Waals surface area contributed by atoms with Gasteiger partial charge in [0.25, 0.3) is 11.8 Å². The number of fused-ring (bicyclic) bond motifs is 1. The molecule has 1 aromatic carbocycles. The molecule has 2 saturated heterocycles. The highest BCUT2D eigenvalue weighted by atomic mass is 16.6. The lowest BCUT2D eigenvalue weighted by Gasteiger charge is -2.41. The van der Waals surface area contributed by atoms with Crippen LogP contribution in [-0.2, 0) is 14.3 Å². The number of carbonyl (C=O) groups is 3. The number of nitrogens with zero attached hydrogens (tertiary/aromatic N) is 2. The van der Waals surface area contributed by atoms with E-state index in [-0.39, 0.29) is 23.9 Å². The number of ether oxygens (including phenoxy) is 1. The lowest BCUT2D eigenvalue weighted by Crippen LogP contribution is -2.57. The van der Waals surface area contributed by atoms with Gasteiger partial charge in [0.05, 0.1) is 5.92 Å². The van der Waals surface area contributed by atoms with Crippen molar-refractivity contribution in [2.45, 2.75) is 58.1 Å². The molecule has 0 spiro atoms. The van der Waals surface area contributed by atoms with Crippen LogP contribution in [0.5, 0.6) is 0 Å². The van der Waals surface area contributed by atoms with Crippen LogP contribution in [0.3, 0.4) is 0 Å². The van der Waals surface area contributed by atoms with E-state index in [0.717, 1.165) is 18.8 Å². The summed E-state index contributed by atoms with van der Waals surface area (Å²) < 4.78 is 5.44. The summed E-state index contributed by atoms with van der Waals surface area (Å²) in [6.45, 7) is 7.97. The van der Waals surface area contributed by atoms with Crippen molar-refractivity contribution in [3.05, 3.63) is 35.6 Å². The molecule has 0 unspecified atom stereocenters. The SMILES string of the molecule is CC(C)(C)OC(=O)N1CC[C@@H]2NC(=O)C(C(=O)Nc3ccc(N4CCCCC4)cc3)=C(O)[C@H]2C1. The van der Waals surface area contributed by atoms with Crippen LogP contribution in [0.15, 0.2) is 35.6 Å². The minimum absolute atomic E-state index is 0.160. The fraction of sp³-hybridized carbons (Fsp3) is 0.560. The summed E-state index contributed by atoms with van der Waals surface area (Å²) in [5, 5.41) is 16.4. The highest BCUT2D eigenvalue weighted by Crippen LogP contribution is 2.30. The van der Waals surface area contributed by atoms with Gasteiger partial charge >= 0.3 is 6.09 Å². The molecule has 3 aliphatic rings. The predicted molar refractivity (Wildman–Crippen MR) is 129 cm³/mol. The Morgan fingerprint density at radius 1 is 1.09 bits per heavy atom. The normalized spacial score (nSPS) is 23.2. The number of amides is 3. The Morgan fingerprint density at radius 3 is 2.41 bits per heavy atom. The maximum Gasteiger partial charge on any atom is 0.410 e. The molecule has 3 N–H and O–H groups in total. The van der Waals surface area contributed by atoms with E-state index in [0.29, 0.717) is 18.7 Å². The zero-order valence-corrected chi connectivity index (χ0v) is 20.1. The number of hydrogen-bond donors (Lipinski definition) is 3. The molecule has 0 saturated carbocycles. The molecule has 0 bridgehead atoms. The van der Waals surface area contributed by atoms with E-state index >= 15 is 0 Å². The summed E-state index contributed by atoms with van der Waals surface area (Å²) in [4.78, 5) is 41.9. The molecule has 9 heteroatoms. The predicted octanol–water partition coefficient (Wildman–Crippen LogP) is 3.18. The Bertz CT molecular complexity index is 976. The molecule has 0 aromatic heterocycles. The summed E-state index contributed by atoms with van der Waals surface area (Å²) in [7, 11) is 0. The minimum atomic E-state index is -0.673. The molecular weight excluding hydrogens is 436 g/mol. The second kappa shape index (κ2) is 9.56. The average Bonchev–Trinajstić information content (AvgIpc) is 2.79. The molecule has 34 heavy (non-hydrogen) atoms. The molecule has 3 amide bonds. The molecule has 4 rings (SSSR count). The van der Waals surface area contributed by atoms with E-state index in [9.17, 15) is 19.5 Å². The Labute approximate surface area is 200 Å². The lowest BCUT2D eigenvalue weighted by molar-refractivity contribution is -0.124. The second-order valence-corrected chi connectivity index (χ2v) is 10.2. The Morgan fingerprint density at radius 2 is 1.76 bits per heavy atom. The van der Waals surface area contributed by atoms with Crippen LogP contribution in [0.25, 0.3) is 0 Å². The highest BCUT2D eigenvalue weighted by Gasteiger charge is 2.43. The van der Waals surface area contributed by atoms with Crippen molar-refractivity contribution in [1.82, 2.24) is 10.2 Å². The number of likely N-dealkylation sites (tertiary alicyclic amines) is 1. The summed E-state index contributed by atoms with van der Waals surface area (Å²) in [5.41, 5.74) is 0.691. The number of aliphatic hydroxyl groups is 1. The zero-order chi connectivity index (χ0) is 24.5. The smallest absolute Gasteiger partial charge is 0.410 e. The van der Waals surface area contributed by atoms with E-state index in [4.69, 9.17) is 4.74 Å². The molecular formula is C25H34N4O5. The second-order valence-electron chi connectivity index (χ2n) is 10.2. The van der Waals surface area contributed by atoms with Crippen molar-refractivity contribution in [1.29, 1.82) is 0 Å². The van der Waals surface area contributed by atoms with E-state index < -0.39 is 29.4 Å². The first kappa shape index (κ1) is 23.9. The van der Waals surface area contributed by atoms with Crippen LogP contribution in [0, 0.1) is 5.92 Å². The maximum absolute atomic E-state index is 12.9. The monoisotopic (exact) mass is 470 g/mol. The number of nitrogens with one attached hydrogen (secondary N) is 2. The van der Waals surface area contributed by atoms with Gasteiger partial charge in [-0.05, 0) is 70.7 Å². The van der Waals surface area contributed by atoms with Crippen molar-refractivity contribution in [3.63, 3.8) is 0 Å². The van der Waals surface area contributed by atoms with Crippen LogP contribution in [0.2, 0.25) is 0 Å². The van der Waals surface area contributed by atoms with Crippen molar-refractivity contribution in [3.8, 4) is 0 Å². The molecule has 184 valence electrons. The molecule has 2 atom stereocenters. The molecule has 0 aliphatic carbocycles. The van der Waals surface area contributed by atoms with E-state index in [1.807, 2.05) is 12.1 Å². The Hall–Kier alpha value is -3.23. The van der Waals surface area contributed by atoms with Gasteiger partial charge in [0.1, 0.15) is 16.9 Å². The van der Waals surface area contributed by atoms with Crippen molar-refractivity contribution in [2.75, 3.05) is 36.4 Å². The van der Waals surface area contributed by atoms with Gasteiger partial charge in [0, 0.05) is 43.6 Å². The minimum Gasteiger partial charge on any atom is -0.511 e. The number of aliphatic hydroxyl groups excluding tert-OH is 1. The van der Waals surface area contributed by atoms with Gasteiger partial charge in [-0.15, -0.1) is 0 Å². The molecule has 3 aliphatic heterocycles. The van der Waals surface area contributed by atoms with Crippen molar-refractivity contribution in [2.24, 2.45) is 5.92 Å². The maximum atomic E-state index is 12.9. The van der Waals surface area contributed by atoms with Gasteiger partial charge in [-0.3, -0.25) is 9.59 Å². The number of anilines is 2. The van der Waals surface area contributed by atoms with Crippen LogP contribution < -0.4 is 15.5 Å². The number of piperidine rings is 2. The van der Waals surface area contributed by atoms with Crippen LogP contribution in [0.4, 0.5) is 16.2 Å². The van der Waals surface area contributed by atoms with Crippen LogP contribution in [-0.4, -0.2) is 65.7 Å². The van der Waals surface area contributed by atoms with Crippen molar-refractivity contribution >= 4 is 29.3 Å². The fourth-order valence-electron chi connectivity index (χ4n) is 4.76. The number of hydrogen-bond acceptors (Lipinski definition) is 6. The van der Waals surface area contributed by atoms with Gasteiger partial charge in [-0.1, -0.05) is 0 Å². The topological polar surface area (TPSA) is 111 Å². The first-order valence-electron chi connectivity index (χ1n) is 12.0. The van der Waals surface area contributed by atoms with Crippen LogP contribution in [0.1, 0.15) is 46.5 Å². The first-order chi connectivity index (χ1) is 16.1. The van der Waals surface area contributed by atoms with Gasteiger partial charge in [0.15, 0.2) is 0 Å².